The zero-order chi connectivity index (χ0) is 21.1. The van der Waals surface area contributed by atoms with Crippen molar-refractivity contribution in [1.29, 1.82) is 0 Å². The van der Waals surface area contributed by atoms with Crippen LogP contribution in [0.1, 0.15) is 21.8 Å². The third kappa shape index (κ3) is 4.35. The Morgan fingerprint density at radius 2 is 2.07 bits per heavy atom. The molecule has 0 unspecified atom stereocenters. The molecule has 0 atom stereocenters. The Morgan fingerprint density at radius 1 is 1.20 bits per heavy atom. The van der Waals surface area contributed by atoms with Crippen molar-refractivity contribution >= 4 is 28.6 Å². The molecule has 30 heavy (non-hydrogen) atoms. The van der Waals surface area contributed by atoms with Gasteiger partial charge in [-0.2, -0.15) is 29.5 Å². The molecule has 0 aliphatic rings. The molecule has 11 heteroatoms. The highest BCUT2D eigenvalue weighted by molar-refractivity contribution is 7.08. The molecule has 4 rings (SSSR count). The summed E-state index contributed by atoms with van der Waals surface area (Å²) in [5.74, 6) is -0.0764. The van der Waals surface area contributed by atoms with Gasteiger partial charge in [0.2, 0.25) is 11.7 Å². The Morgan fingerprint density at radius 3 is 2.77 bits per heavy atom. The minimum Gasteiger partial charge on any atom is -0.472 e. The van der Waals surface area contributed by atoms with Gasteiger partial charge in [-0.1, -0.05) is 5.16 Å². The lowest BCUT2D eigenvalue weighted by atomic mass is 10.1. The number of nitrogens with zero attached hydrogens (tertiary/aromatic N) is 2. The van der Waals surface area contributed by atoms with Gasteiger partial charge in [0.15, 0.2) is 0 Å². The predicted molar refractivity (Wildman–Crippen MR) is 103 cm³/mol. The van der Waals surface area contributed by atoms with Crippen LogP contribution in [0.5, 0.6) is 0 Å². The lowest BCUT2D eigenvalue weighted by Crippen LogP contribution is -2.14. The summed E-state index contributed by atoms with van der Waals surface area (Å²) in [6.45, 7) is -0.0963. The van der Waals surface area contributed by atoms with Gasteiger partial charge in [0.25, 0.3) is 5.91 Å². The minimum atomic E-state index is -4.64. The summed E-state index contributed by atoms with van der Waals surface area (Å²) in [6.07, 6.45) is -2.15. The van der Waals surface area contributed by atoms with E-state index in [0.717, 1.165) is 11.6 Å². The molecule has 7 nitrogen and oxygen atoms in total. The molecule has 1 amide bonds. The van der Waals surface area contributed by atoms with E-state index in [1.807, 2.05) is 16.8 Å². The number of alkyl halides is 3. The van der Waals surface area contributed by atoms with Gasteiger partial charge >= 0.3 is 6.18 Å². The number of benzene rings is 1. The number of nitrogens with one attached hydrogen (secondary N) is 2. The first-order chi connectivity index (χ1) is 14.4. The van der Waals surface area contributed by atoms with Crippen LogP contribution in [0.25, 0.3) is 11.4 Å². The summed E-state index contributed by atoms with van der Waals surface area (Å²) < 4.78 is 50.5. The van der Waals surface area contributed by atoms with Crippen LogP contribution in [0.15, 0.2) is 62.6 Å². The van der Waals surface area contributed by atoms with E-state index in [9.17, 15) is 18.0 Å². The largest absolute Gasteiger partial charge is 0.472 e. The average molecular weight is 434 g/mol. The van der Waals surface area contributed by atoms with Crippen LogP contribution >= 0.6 is 11.3 Å². The molecule has 3 aromatic heterocycles. The van der Waals surface area contributed by atoms with Gasteiger partial charge in [-0.3, -0.25) is 4.79 Å². The third-order valence-corrected chi connectivity index (χ3v) is 4.73. The van der Waals surface area contributed by atoms with E-state index in [-0.39, 0.29) is 29.4 Å². The van der Waals surface area contributed by atoms with E-state index in [0.29, 0.717) is 5.82 Å². The second-order valence-corrected chi connectivity index (χ2v) is 6.88. The van der Waals surface area contributed by atoms with Gasteiger partial charge in [-0.25, -0.2) is 0 Å². The second kappa shape index (κ2) is 8.03. The summed E-state index contributed by atoms with van der Waals surface area (Å²) >= 11 is 1.47. The fourth-order valence-corrected chi connectivity index (χ4v) is 3.25. The van der Waals surface area contributed by atoms with Gasteiger partial charge in [0, 0.05) is 22.3 Å². The van der Waals surface area contributed by atoms with Gasteiger partial charge in [0.05, 0.1) is 23.9 Å². The summed E-state index contributed by atoms with van der Waals surface area (Å²) in [4.78, 5) is 16.2. The zero-order valence-electron chi connectivity index (χ0n) is 15.1. The zero-order valence-corrected chi connectivity index (χ0v) is 15.9. The highest BCUT2D eigenvalue weighted by Gasteiger charge is 2.34. The molecule has 0 aliphatic heterocycles. The number of furan rings is 1. The average Bonchev–Trinajstić information content (AvgIpc) is 3.48. The molecule has 2 N–H and O–H groups in total. The van der Waals surface area contributed by atoms with E-state index < -0.39 is 17.6 Å². The van der Waals surface area contributed by atoms with Crippen molar-refractivity contribution in [1.82, 2.24) is 10.1 Å². The maximum absolute atomic E-state index is 13.5. The van der Waals surface area contributed by atoms with Crippen LogP contribution in [-0.4, -0.2) is 16.0 Å². The molecule has 4 aromatic rings. The van der Waals surface area contributed by atoms with Crippen molar-refractivity contribution in [2.45, 2.75) is 12.7 Å². The number of amides is 1. The molecular formula is C19H13F3N4O3S. The van der Waals surface area contributed by atoms with Crippen LogP contribution in [0.3, 0.4) is 0 Å². The number of hydrogen-bond acceptors (Lipinski definition) is 7. The number of carbonyl (C=O) groups excluding carboxylic acids is 1. The molecule has 0 saturated heterocycles. The summed E-state index contributed by atoms with van der Waals surface area (Å²) in [6, 6.07) is 6.66. The fourth-order valence-electron chi connectivity index (χ4n) is 2.61. The van der Waals surface area contributed by atoms with E-state index in [4.69, 9.17) is 8.94 Å². The van der Waals surface area contributed by atoms with E-state index >= 15 is 0 Å². The smallest absolute Gasteiger partial charge is 0.418 e. The molecule has 0 fully saturated rings. The lowest BCUT2D eigenvalue weighted by Gasteiger charge is -2.15. The molecule has 0 bridgehead atoms. The molecule has 154 valence electrons. The monoisotopic (exact) mass is 434 g/mol. The second-order valence-electron chi connectivity index (χ2n) is 6.10. The van der Waals surface area contributed by atoms with Crippen LogP contribution in [0.2, 0.25) is 0 Å². The van der Waals surface area contributed by atoms with Crippen molar-refractivity contribution in [3.63, 3.8) is 0 Å². The Labute approximate surface area is 171 Å². The standard InChI is InChI=1S/C19H13F3N4O3S/c20-19(21,22)14-7-13(24-18(27)11-3-5-28-9-11)1-2-15(14)23-8-16-25-17(26-29-16)12-4-6-30-10-12/h1-7,9-10,23H,8H2,(H,24,27). The number of anilines is 2. The van der Waals surface area contributed by atoms with Crippen LogP contribution in [0.4, 0.5) is 24.5 Å². The molecule has 3 heterocycles. The number of halogens is 3. The predicted octanol–water partition coefficient (Wildman–Crippen LogP) is 5.27. The summed E-state index contributed by atoms with van der Waals surface area (Å²) in [5, 5.41) is 12.6. The van der Waals surface area contributed by atoms with Crippen LogP contribution in [-0.2, 0) is 12.7 Å². The summed E-state index contributed by atoms with van der Waals surface area (Å²) in [5.41, 5.74) is -0.159. The van der Waals surface area contributed by atoms with Crippen molar-refractivity contribution in [3.05, 3.63) is 70.6 Å². The maximum atomic E-state index is 13.5. The van der Waals surface area contributed by atoms with Gasteiger partial charge in [-0.05, 0) is 35.7 Å². The lowest BCUT2D eigenvalue weighted by molar-refractivity contribution is -0.136. The number of carbonyl (C=O) groups is 1. The molecular weight excluding hydrogens is 421 g/mol. The van der Waals surface area contributed by atoms with E-state index in [1.165, 1.54) is 42.1 Å². The molecule has 0 spiro atoms. The number of thiophene rings is 1. The highest BCUT2D eigenvalue weighted by atomic mass is 32.1. The summed E-state index contributed by atoms with van der Waals surface area (Å²) in [7, 11) is 0. The maximum Gasteiger partial charge on any atom is 0.418 e. The van der Waals surface area contributed by atoms with Crippen LogP contribution < -0.4 is 10.6 Å². The van der Waals surface area contributed by atoms with Crippen molar-refractivity contribution in [3.8, 4) is 11.4 Å². The number of aromatic nitrogens is 2. The first-order valence-corrected chi connectivity index (χ1v) is 9.48. The van der Waals surface area contributed by atoms with Crippen molar-refractivity contribution in [2.75, 3.05) is 10.6 Å². The molecule has 0 radical (unpaired) electrons. The minimum absolute atomic E-state index is 0.00314. The Hall–Kier alpha value is -3.60. The van der Waals surface area contributed by atoms with Gasteiger partial charge in [0.1, 0.15) is 6.26 Å². The van der Waals surface area contributed by atoms with E-state index in [2.05, 4.69) is 20.8 Å². The highest BCUT2D eigenvalue weighted by Crippen LogP contribution is 2.37. The Bertz CT molecular complexity index is 1140. The molecule has 0 aliphatic carbocycles. The first kappa shape index (κ1) is 19.7. The number of rotatable bonds is 6. The Kier molecular flexibility index (Phi) is 5.27. The third-order valence-electron chi connectivity index (χ3n) is 4.04. The quantitative estimate of drug-likeness (QED) is 0.429. The number of hydrogen-bond donors (Lipinski definition) is 2. The molecule has 1 aromatic carbocycles. The van der Waals surface area contributed by atoms with Gasteiger partial charge < -0.3 is 19.6 Å². The van der Waals surface area contributed by atoms with Gasteiger partial charge in [-0.15, -0.1) is 0 Å². The Balaban J connectivity index is 1.50. The SMILES string of the molecule is O=C(Nc1ccc(NCc2nc(-c3ccsc3)no2)c(C(F)(F)F)c1)c1ccoc1. The first-order valence-electron chi connectivity index (χ1n) is 8.54. The molecule has 0 saturated carbocycles. The van der Waals surface area contributed by atoms with Crippen molar-refractivity contribution < 1.29 is 26.9 Å². The fraction of sp³-hybridized carbons (Fsp3) is 0.105. The van der Waals surface area contributed by atoms with E-state index in [1.54, 1.807) is 0 Å². The topological polar surface area (TPSA) is 93.2 Å². The normalized spacial score (nSPS) is 11.4. The van der Waals surface area contributed by atoms with Crippen LogP contribution in [0, 0.1) is 0 Å². The van der Waals surface area contributed by atoms with Crippen molar-refractivity contribution in [2.24, 2.45) is 0 Å².